The summed E-state index contributed by atoms with van der Waals surface area (Å²) < 4.78 is 3.33. The van der Waals surface area contributed by atoms with Crippen LogP contribution in [-0.2, 0) is 7.05 Å². The van der Waals surface area contributed by atoms with Crippen molar-refractivity contribution in [1.82, 2.24) is 24.1 Å². The molecule has 0 unspecified atom stereocenters. The molecule has 2 N–H and O–H groups in total. The van der Waals surface area contributed by atoms with Gasteiger partial charge in [-0.1, -0.05) is 23.7 Å². The van der Waals surface area contributed by atoms with Crippen LogP contribution >= 0.6 is 11.6 Å². The minimum absolute atomic E-state index is 0.105. The number of anilines is 1. The Bertz CT molecular complexity index is 1160. The zero-order valence-corrected chi connectivity index (χ0v) is 14.0. The Morgan fingerprint density at radius 2 is 2.00 bits per heavy atom. The molecule has 0 radical (unpaired) electrons. The van der Waals surface area contributed by atoms with E-state index in [-0.39, 0.29) is 11.4 Å². The molecule has 0 atom stereocenters. The van der Waals surface area contributed by atoms with E-state index in [1.165, 1.54) is 17.0 Å². The molecular weight excluding hydrogens is 340 g/mol. The fourth-order valence-electron chi connectivity index (χ4n) is 2.69. The molecule has 0 saturated heterocycles. The van der Waals surface area contributed by atoms with Crippen LogP contribution in [0.1, 0.15) is 0 Å². The zero-order valence-electron chi connectivity index (χ0n) is 13.2. The van der Waals surface area contributed by atoms with E-state index in [0.29, 0.717) is 22.0 Å². The average molecular weight is 353 g/mol. The van der Waals surface area contributed by atoms with E-state index in [1.54, 1.807) is 25.4 Å². The zero-order chi connectivity index (χ0) is 17.6. The molecule has 1 aromatic carbocycles. The first-order valence-electron chi connectivity index (χ1n) is 7.46. The Hall–Kier alpha value is -3.19. The highest BCUT2D eigenvalue weighted by Gasteiger charge is 2.18. The third-order valence-electron chi connectivity index (χ3n) is 3.88. The molecule has 0 spiro atoms. The molecule has 0 aliphatic carbocycles. The maximum absolute atomic E-state index is 11.7. The predicted molar refractivity (Wildman–Crippen MR) is 96.8 cm³/mol. The number of benzene rings is 1. The van der Waals surface area contributed by atoms with Crippen LogP contribution in [0.5, 0.6) is 0 Å². The van der Waals surface area contributed by atoms with E-state index in [4.69, 9.17) is 17.3 Å². The van der Waals surface area contributed by atoms with Crippen molar-refractivity contribution in [2.45, 2.75) is 0 Å². The molecule has 25 heavy (non-hydrogen) atoms. The lowest BCUT2D eigenvalue weighted by molar-refractivity contribution is 0.846. The van der Waals surface area contributed by atoms with Crippen molar-refractivity contribution in [3.8, 4) is 17.1 Å². The fourth-order valence-corrected chi connectivity index (χ4v) is 2.88. The van der Waals surface area contributed by atoms with Crippen LogP contribution in [0.25, 0.3) is 28.2 Å². The Morgan fingerprint density at radius 1 is 1.16 bits per heavy atom. The van der Waals surface area contributed by atoms with Crippen LogP contribution in [0.4, 0.5) is 5.82 Å². The summed E-state index contributed by atoms with van der Waals surface area (Å²) >= 11 is 6.13. The monoisotopic (exact) mass is 352 g/mol. The first-order chi connectivity index (χ1) is 12.0. The third-order valence-corrected chi connectivity index (χ3v) is 4.12. The number of aryl methyl sites for hydroxylation is 1. The molecular formula is C17H13ClN6O. The van der Waals surface area contributed by atoms with Crippen LogP contribution in [0, 0.1) is 0 Å². The number of rotatable bonds is 2. The highest BCUT2D eigenvalue weighted by molar-refractivity contribution is 6.30. The number of hydrogen-bond donors (Lipinski definition) is 1. The number of hydrogen-bond acceptors (Lipinski definition) is 5. The number of aromatic nitrogens is 5. The summed E-state index contributed by atoms with van der Waals surface area (Å²) in [6.45, 7) is 0. The van der Waals surface area contributed by atoms with E-state index < -0.39 is 0 Å². The number of fused-ring (bicyclic) bond motifs is 1. The van der Waals surface area contributed by atoms with Crippen molar-refractivity contribution in [2.24, 2.45) is 7.05 Å². The van der Waals surface area contributed by atoms with Crippen LogP contribution in [0.15, 0.2) is 53.7 Å². The number of imidazole rings is 1. The summed E-state index contributed by atoms with van der Waals surface area (Å²) in [6.07, 6.45) is 3.11. The SMILES string of the molecule is Cn1cc(-n2c(-c3cccc(Cl)c3)nc3c(N)ncnc32)ccc1=O. The second-order valence-corrected chi connectivity index (χ2v) is 5.99. The summed E-state index contributed by atoms with van der Waals surface area (Å²) in [7, 11) is 1.69. The van der Waals surface area contributed by atoms with Crippen LogP contribution in [0.3, 0.4) is 0 Å². The van der Waals surface area contributed by atoms with E-state index in [1.807, 2.05) is 22.8 Å². The number of nitrogens with zero attached hydrogens (tertiary/aromatic N) is 5. The first-order valence-corrected chi connectivity index (χ1v) is 7.84. The van der Waals surface area contributed by atoms with E-state index in [0.717, 1.165) is 11.3 Å². The van der Waals surface area contributed by atoms with Crippen molar-refractivity contribution in [3.63, 3.8) is 0 Å². The molecule has 0 amide bonds. The average Bonchev–Trinajstić information content (AvgIpc) is 2.98. The van der Waals surface area contributed by atoms with Crippen LogP contribution < -0.4 is 11.3 Å². The maximum Gasteiger partial charge on any atom is 0.250 e. The van der Waals surface area contributed by atoms with Crippen molar-refractivity contribution < 1.29 is 0 Å². The van der Waals surface area contributed by atoms with Gasteiger partial charge >= 0.3 is 0 Å². The fraction of sp³-hybridized carbons (Fsp3) is 0.0588. The molecule has 3 heterocycles. The molecule has 0 aliphatic heterocycles. The van der Waals surface area contributed by atoms with Gasteiger partial charge in [0.25, 0.3) is 0 Å². The normalized spacial score (nSPS) is 11.1. The Balaban J connectivity index is 2.10. The molecule has 4 rings (SSSR count). The summed E-state index contributed by atoms with van der Waals surface area (Å²) in [5, 5.41) is 0.593. The summed E-state index contributed by atoms with van der Waals surface area (Å²) in [4.78, 5) is 24.7. The Morgan fingerprint density at radius 3 is 2.76 bits per heavy atom. The maximum atomic E-state index is 11.7. The number of halogens is 1. The van der Waals surface area contributed by atoms with E-state index in [9.17, 15) is 4.79 Å². The lowest BCUT2D eigenvalue weighted by atomic mass is 10.2. The predicted octanol–water partition coefficient (Wildman–Crippen LogP) is 2.42. The number of pyridine rings is 1. The largest absolute Gasteiger partial charge is 0.382 e. The molecule has 0 bridgehead atoms. The van der Waals surface area contributed by atoms with Gasteiger partial charge in [-0.2, -0.15) is 0 Å². The molecule has 3 aromatic heterocycles. The lowest BCUT2D eigenvalue weighted by Gasteiger charge is -2.10. The van der Waals surface area contributed by atoms with Gasteiger partial charge in [0, 0.05) is 29.9 Å². The minimum Gasteiger partial charge on any atom is -0.382 e. The third kappa shape index (κ3) is 2.54. The van der Waals surface area contributed by atoms with Gasteiger partial charge in [-0.05, 0) is 18.2 Å². The summed E-state index contributed by atoms with van der Waals surface area (Å²) in [5.74, 6) is 0.903. The van der Waals surface area contributed by atoms with Crippen molar-refractivity contribution in [2.75, 3.05) is 5.73 Å². The first kappa shape index (κ1) is 15.3. The minimum atomic E-state index is -0.105. The highest BCUT2D eigenvalue weighted by atomic mass is 35.5. The van der Waals surface area contributed by atoms with E-state index >= 15 is 0 Å². The topological polar surface area (TPSA) is 91.6 Å². The van der Waals surface area contributed by atoms with Gasteiger partial charge in [-0.25, -0.2) is 15.0 Å². The molecule has 8 heteroatoms. The van der Waals surface area contributed by atoms with Crippen LogP contribution in [0.2, 0.25) is 5.02 Å². The molecule has 7 nitrogen and oxygen atoms in total. The Kier molecular flexibility index (Phi) is 3.51. The summed E-state index contributed by atoms with van der Waals surface area (Å²) in [6, 6.07) is 10.6. The van der Waals surface area contributed by atoms with Crippen molar-refractivity contribution in [1.29, 1.82) is 0 Å². The van der Waals surface area contributed by atoms with Gasteiger partial charge in [0.05, 0.1) is 5.69 Å². The quantitative estimate of drug-likeness (QED) is 0.598. The number of nitrogen functional groups attached to an aromatic ring is 1. The van der Waals surface area contributed by atoms with Gasteiger partial charge < -0.3 is 10.3 Å². The van der Waals surface area contributed by atoms with Gasteiger partial charge in [-0.3, -0.25) is 9.36 Å². The van der Waals surface area contributed by atoms with Gasteiger partial charge in [0.1, 0.15) is 12.2 Å². The number of nitrogens with two attached hydrogens (primary N) is 1. The van der Waals surface area contributed by atoms with Gasteiger partial charge in [-0.15, -0.1) is 0 Å². The second-order valence-electron chi connectivity index (χ2n) is 5.55. The van der Waals surface area contributed by atoms with E-state index in [2.05, 4.69) is 15.0 Å². The Labute approximate surface area is 147 Å². The second kappa shape index (κ2) is 5.71. The highest BCUT2D eigenvalue weighted by Crippen LogP contribution is 2.30. The van der Waals surface area contributed by atoms with Crippen molar-refractivity contribution in [3.05, 3.63) is 64.3 Å². The van der Waals surface area contributed by atoms with Gasteiger partial charge in [0.2, 0.25) is 5.56 Å². The molecule has 0 fully saturated rings. The van der Waals surface area contributed by atoms with Crippen LogP contribution in [-0.4, -0.2) is 24.1 Å². The van der Waals surface area contributed by atoms with Crippen molar-refractivity contribution >= 4 is 28.6 Å². The summed E-state index contributed by atoms with van der Waals surface area (Å²) in [5.41, 5.74) is 8.45. The molecule has 0 aliphatic rings. The van der Waals surface area contributed by atoms with Gasteiger partial charge in [0.15, 0.2) is 17.0 Å². The standard InChI is InChI=1S/C17H13ClN6O/c1-23-8-12(5-6-13(23)25)24-16(10-3-2-4-11(18)7-10)22-14-15(19)20-9-21-17(14)24/h2-9H,1H3,(H2,19,20,21). The molecule has 4 aromatic rings. The lowest BCUT2D eigenvalue weighted by Crippen LogP contribution is -2.15. The molecule has 124 valence electrons. The molecule has 0 saturated carbocycles. The smallest absolute Gasteiger partial charge is 0.250 e.